The number of unbranched alkanes of at least 4 members (excludes halogenated alkanes) is 5. The normalized spacial score (nSPS) is 10.8. The maximum atomic E-state index is 11.8. The molecule has 0 unspecified atom stereocenters. The Labute approximate surface area is 107 Å². The van der Waals surface area contributed by atoms with Gasteiger partial charge in [-0.2, -0.15) is 0 Å². The van der Waals surface area contributed by atoms with Crippen molar-refractivity contribution in [1.29, 1.82) is 0 Å². The zero-order valence-electron chi connectivity index (χ0n) is 11.3. The quantitative estimate of drug-likeness (QED) is 0.748. The Kier molecular flexibility index (Phi) is 5.68. The van der Waals surface area contributed by atoms with Gasteiger partial charge in [-0.05, 0) is 6.42 Å². The Morgan fingerprint density at radius 2 is 1.72 bits per heavy atom. The van der Waals surface area contributed by atoms with E-state index in [0.717, 1.165) is 19.3 Å². The fourth-order valence-electron chi connectivity index (χ4n) is 2.00. The zero-order valence-corrected chi connectivity index (χ0v) is 11.3. The molecule has 0 aliphatic rings. The number of nitrogens with two attached hydrogens (primary N) is 1. The summed E-state index contributed by atoms with van der Waals surface area (Å²) in [7, 11) is 1.61. The lowest BCUT2D eigenvalue weighted by atomic mass is 10.1. The molecule has 5 nitrogen and oxygen atoms in total. The highest BCUT2D eigenvalue weighted by molar-refractivity contribution is 5.30. The average molecular weight is 253 g/mol. The van der Waals surface area contributed by atoms with Gasteiger partial charge in [-0.1, -0.05) is 39.0 Å². The Bertz CT molecular complexity index is 454. The highest BCUT2D eigenvalue weighted by atomic mass is 16.2. The zero-order chi connectivity index (χ0) is 13.5. The molecule has 0 radical (unpaired) electrons. The summed E-state index contributed by atoms with van der Waals surface area (Å²) >= 11 is 0. The van der Waals surface area contributed by atoms with E-state index >= 15 is 0 Å². The van der Waals surface area contributed by atoms with Crippen molar-refractivity contribution in [3.8, 4) is 0 Å². The van der Waals surface area contributed by atoms with Gasteiger partial charge in [-0.25, -0.2) is 4.79 Å². The molecule has 102 valence electrons. The number of aromatic nitrogens is 2. The Hall–Kier alpha value is -1.52. The van der Waals surface area contributed by atoms with Gasteiger partial charge in [0.2, 0.25) is 0 Å². The molecule has 0 saturated heterocycles. The topological polar surface area (TPSA) is 70.0 Å². The van der Waals surface area contributed by atoms with Gasteiger partial charge in [-0.3, -0.25) is 9.36 Å². The van der Waals surface area contributed by atoms with Crippen molar-refractivity contribution in [2.75, 3.05) is 5.73 Å². The van der Waals surface area contributed by atoms with E-state index in [0.29, 0.717) is 6.54 Å². The average Bonchev–Trinajstić information content (AvgIpc) is 2.35. The van der Waals surface area contributed by atoms with Gasteiger partial charge in [0.15, 0.2) is 0 Å². The summed E-state index contributed by atoms with van der Waals surface area (Å²) in [5.74, 6) is 0. The standard InChI is InChI=1S/C13H23N3O2/c1-3-4-5-6-7-8-9-16-12(17)11(14)10-15(2)13(16)18/h10H,3-9,14H2,1-2H3. The molecule has 0 bridgehead atoms. The molecule has 0 fully saturated rings. The monoisotopic (exact) mass is 253 g/mol. The SMILES string of the molecule is CCCCCCCCn1c(=O)c(N)cn(C)c1=O. The summed E-state index contributed by atoms with van der Waals surface area (Å²) < 4.78 is 2.59. The van der Waals surface area contributed by atoms with Crippen LogP contribution in [0.5, 0.6) is 0 Å². The lowest BCUT2D eigenvalue weighted by Gasteiger charge is -2.08. The van der Waals surface area contributed by atoms with Crippen molar-refractivity contribution in [1.82, 2.24) is 9.13 Å². The lowest BCUT2D eigenvalue weighted by Crippen LogP contribution is -2.39. The number of nitrogen functional groups attached to an aromatic ring is 1. The number of anilines is 1. The summed E-state index contributed by atoms with van der Waals surface area (Å²) in [6.07, 6.45) is 8.12. The smallest absolute Gasteiger partial charge is 0.330 e. The van der Waals surface area contributed by atoms with Crippen LogP contribution in [0.15, 0.2) is 15.8 Å². The van der Waals surface area contributed by atoms with Crippen LogP contribution in [0, 0.1) is 0 Å². The minimum Gasteiger partial charge on any atom is -0.393 e. The molecule has 0 saturated carbocycles. The number of aryl methyl sites for hydroxylation is 1. The van der Waals surface area contributed by atoms with Crippen LogP contribution in [0.2, 0.25) is 0 Å². The van der Waals surface area contributed by atoms with Gasteiger partial charge in [0.25, 0.3) is 5.56 Å². The minimum absolute atomic E-state index is 0.128. The molecule has 1 aromatic rings. The molecular weight excluding hydrogens is 230 g/mol. The van der Waals surface area contributed by atoms with E-state index in [9.17, 15) is 9.59 Å². The van der Waals surface area contributed by atoms with Crippen molar-refractivity contribution in [2.45, 2.75) is 52.0 Å². The largest absolute Gasteiger partial charge is 0.393 e. The van der Waals surface area contributed by atoms with Crippen LogP contribution in [-0.4, -0.2) is 9.13 Å². The summed E-state index contributed by atoms with van der Waals surface area (Å²) in [6, 6.07) is 0. The van der Waals surface area contributed by atoms with E-state index in [2.05, 4.69) is 6.92 Å². The van der Waals surface area contributed by atoms with Crippen molar-refractivity contribution in [3.63, 3.8) is 0 Å². The highest BCUT2D eigenvalue weighted by Crippen LogP contribution is 2.05. The van der Waals surface area contributed by atoms with Crippen LogP contribution in [0.25, 0.3) is 0 Å². The van der Waals surface area contributed by atoms with E-state index < -0.39 is 0 Å². The Morgan fingerprint density at radius 3 is 2.39 bits per heavy atom. The predicted octanol–water partition coefficient (Wildman–Crippen LogP) is 1.49. The molecule has 1 aromatic heterocycles. The third-order valence-electron chi connectivity index (χ3n) is 3.09. The van der Waals surface area contributed by atoms with Gasteiger partial charge in [-0.15, -0.1) is 0 Å². The van der Waals surface area contributed by atoms with E-state index in [-0.39, 0.29) is 16.9 Å². The first-order chi connectivity index (χ1) is 8.57. The molecule has 0 aliphatic carbocycles. The predicted molar refractivity (Wildman–Crippen MR) is 73.7 cm³/mol. The summed E-state index contributed by atoms with van der Waals surface area (Å²) in [5, 5.41) is 0. The first kappa shape index (κ1) is 14.5. The van der Waals surface area contributed by atoms with Crippen molar-refractivity contribution >= 4 is 5.69 Å². The first-order valence-corrected chi connectivity index (χ1v) is 6.64. The van der Waals surface area contributed by atoms with Crippen molar-refractivity contribution < 1.29 is 0 Å². The molecule has 0 aliphatic heterocycles. The van der Waals surface area contributed by atoms with Crippen LogP contribution >= 0.6 is 0 Å². The first-order valence-electron chi connectivity index (χ1n) is 6.64. The molecule has 1 heterocycles. The highest BCUT2D eigenvalue weighted by Gasteiger charge is 2.06. The number of hydrogen-bond donors (Lipinski definition) is 1. The summed E-state index contributed by atoms with van der Waals surface area (Å²) in [6.45, 7) is 2.64. The number of rotatable bonds is 7. The minimum atomic E-state index is -0.369. The maximum absolute atomic E-state index is 11.8. The maximum Gasteiger partial charge on any atom is 0.330 e. The third-order valence-corrected chi connectivity index (χ3v) is 3.09. The van der Waals surface area contributed by atoms with Crippen molar-refractivity contribution in [3.05, 3.63) is 27.0 Å². The fourth-order valence-corrected chi connectivity index (χ4v) is 2.00. The number of nitrogens with zero attached hydrogens (tertiary/aromatic N) is 2. The second-order valence-corrected chi connectivity index (χ2v) is 4.70. The molecule has 0 aromatic carbocycles. The second kappa shape index (κ2) is 7.03. The Morgan fingerprint density at radius 1 is 1.11 bits per heavy atom. The van der Waals surface area contributed by atoms with E-state index in [4.69, 9.17) is 5.73 Å². The molecule has 18 heavy (non-hydrogen) atoms. The number of hydrogen-bond acceptors (Lipinski definition) is 3. The van der Waals surface area contributed by atoms with Gasteiger partial charge >= 0.3 is 5.69 Å². The molecule has 1 rings (SSSR count). The molecule has 0 spiro atoms. The summed E-state index contributed by atoms with van der Waals surface area (Å²) in [4.78, 5) is 23.5. The third kappa shape index (κ3) is 3.75. The Balaban J connectivity index is 2.58. The molecule has 2 N–H and O–H groups in total. The molecular formula is C13H23N3O2. The molecule has 5 heteroatoms. The van der Waals surface area contributed by atoms with E-state index in [1.807, 2.05) is 0 Å². The van der Waals surface area contributed by atoms with Gasteiger partial charge in [0, 0.05) is 19.8 Å². The lowest BCUT2D eigenvalue weighted by molar-refractivity contribution is 0.523. The van der Waals surface area contributed by atoms with Crippen LogP contribution in [0.4, 0.5) is 5.69 Å². The van der Waals surface area contributed by atoms with Gasteiger partial charge in [0.1, 0.15) is 5.69 Å². The van der Waals surface area contributed by atoms with E-state index in [1.165, 1.54) is 34.6 Å². The molecule has 0 amide bonds. The molecule has 0 atom stereocenters. The van der Waals surface area contributed by atoms with Crippen LogP contribution < -0.4 is 17.0 Å². The van der Waals surface area contributed by atoms with Crippen molar-refractivity contribution in [2.24, 2.45) is 7.05 Å². The van der Waals surface area contributed by atoms with Crippen LogP contribution in [0.1, 0.15) is 45.4 Å². The van der Waals surface area contributed by atoms with Crippen LogP contribution in [0.3, 0.4) is 0 Å². The van der Waals surface area contributed by atoms with E-state index in [1.54, 1.807) is 7.05 Å². The summed E-state index contributed by atoms with van der Waals surface area (Å²) in [5.41, 5.74) is 5.04. The second-order valence-electron chi connectivity index (χ2n) is 4.70. The fraction of sp³-hybridized carbons (Fsp3) is 0.692. The van der Waals surface area contributed by atoms with Gasteiger partial charge in [0.05, 0.1) is 0 Å². The van der Waals surface area contributed by atoms with Crippen LogP contribution in [-0.2, 0) is 13.6 Å². The van der Waals surface area contributed by atoms with Gasteiger partial charge < -0.3 is 10.3 Å².